The van der Waals surface area contributed by atoms with Gasteiger partial charge in [0, 0.05) is 12.6 Å². The van der Waals surface area contributed by atoms with Gasteiger partial charge in [0.25, 0.3) is 0 Å². The van der Waals surface area contributed by atoms with E-state index in [-0.39, 0.29) is 23.7 Å². The van der Waals surface area contributed by atoms with Crippen LogP contribution in [0.15, 0.2) is 47.7 Å². The van der Waals surface area contributed by atoms with Crippen molar-refractivity contribution in [3.05, 3.63) is 58.7 Å². The number of aliphatic carboxylic acids is 1. The summed E-state index contributed by atoms with van der Waals surface area (Å²) in [5, 5.41) is 12.6. The van der Waals surface area contributed by atoms with Crippen LogP contribution in [0.25, 0.3) is 0 Å². The fraction of sp³-hybridized carbons (Fsp3) is 0.188. The van der Waals surface area contributed by atoms with Crippen molar-refractivity contribution in [3.8, 4) is 0 Å². The Labute approximate surface area is 146 Å². The number of hydrogen-bond acceptors (Lipinski definition) is 4. The number of hydrogen-bond donors (Lipinski definition) is 2. The Bertz CT molecular complexity index is 780. The van der Waals surface area contributed by atoms with E-state index in [1.165, 1.54) is 0 Å². The number of pyridine rings is 1. The van der Waals surface area contributed by atoms with Gasteiger partial charge in [-0.05, 0) is 11.6 Å². The van der Waals surface area contributed by atoms with Gasteiger partial charge >= 0.3 is 12.1 Å². The molecule has 0 aliphatic heterocycles. The summed E-state index contributed by atoms with van der Waals surface area (Å²) in [6.07, 6.45) is -3.92. The minimum atomic E-state index is -4.55. The number of anilines is 1. The molecule has 25 heavy (non-hydrogen) atoms. The zero-order valence-corrected chi connectivity index (χ0v) is 13.5. The minimum absolute atomic E-state index is 0.0570. The molecule has 0 amide bonds. The molecule has 1 heterocycles. The van der Waals surface area contributed by atoms with Gasteiger partial charge in [-0.25, -0.2) is 4.98 Å². The Kier molecular flexibility index (Phi) is 5.97. The Hall–Kier alpha value is -2.61. The first-order valence-corrected chi connectivity index (χ1v) is 7.47. The monoisotopic (exact) mass is 371 g/mol. The Morgan fingerprint density at radius 2 is 1.92 bits per heavy atom. The SMILES string of the molecule is O=C(O)CC/C(=N\Nc1ncc(C(F)(F)F)cc1Cl)c1ccccc1. The van der Waals surface area contributed by atoms with Crippen LogP contribution in [0.3, 0.4) is 0 Å². The molecule has 2 N–H and O–H groups in total. The molecule has 0 saturated heterocycles. The Morgan fingerprint density at radius 3 is 2.48 bits per heavy atom. The maximum atomic E-state index is 12.6. The van der Waals surface area contributed by atoms with Crippen molar-refractivity contribution < 1.29 is 23.1 Å². The molecule has 0 unspecified atom stereocenters. The van der Waals surface area contributed by atoms with E-state index in [0.29, 0.717) is 17.5 Å². The van der Waals surface area contributed by atoms with Crippen LogP contribution in [0.1, 0.15) is 24.0 Å². The van der Waals surface area contributed by atoms with Crippen LogP contribution in [-0.2, 0) is 11.0 Å². The van der Waals surface area contributed by atoms with Crippen LogP contribution < -0.4 is 5.43 Å². The normalized spacial score (nSPS) is 12.1. The van der Waals surface area contributed by atoms with Crippen molar-refractivity contribution in [1.82, 2.24) is 4.98 Å². The maximum Gasteiger partial charge on any atom is 0.417 e. The van der Waals surface area contributed by atoms with E-state index in [9.17, 15) is 18.0 Å². The molecule has 0 bridgehead atoms. The molecule has 0 aliphatic carbocycles. The van der Waals surface area contributed by atoms with Gasteiger partial charge in [-0.2, -0.15) is 18.3 Å². The molecule has 0 aliphatic rings. The van der Waals surface area contributed by atoms with E-state index >= 15 is 0 Å². The van der Waals surface area contributed by atoms with Crippen LogP contribution in [0.2, 0.25) is 5.02 Å². The zero-order valence-electron chi connectivity index (χ0n) is 12.7. The molecule has 0 atom stereocenters. The van der Waals surface area contributed by atoms with E-state index < -0.39 is 17.7 Å². The number of carboxylic acid groups (broad SMARTS) is 1. The lowest BCUT2D eigenvalue weighted by Crippen LogP contribution is -2.09. The van der Waals surface area contributed by atoms with Crippen LogP contribution in [-0.4, -0.2) is 21.8 Å². The summed E-state index contributed by atoms with van der Waals surface area (Å²) in [5.74, 6) is -1.05. The number of alkyl halides is 3. The fourth-order valence-corrected chi connectivity index (χ4v) is 2.12. The van der Waals surface area contributed by atoms with Gasteiger partial charge in [0.2, 0.25) is 0 Å². The lowest BCUT2D eigenvalue weighted by Gasteiger charge is -2.10. The largest absolute Gasteiger partial charge is 0.481 e. The van der Waals surface area contributed by atoms with Crippen LogP contribution >= 0.6 is 11.6 Å². The third kappa shape index (κ3) is 5.46. The first kappa shape index (κ1) is 18.7. The van der Waals surface area contributed by atoms with Crippen LogP contribution in [0, 0.1) is 0 Å². The van der Waals surface area contributed by atoms with Crippen molar-refractivity contribution in [3.63, 3.8) is 0 Å². The summed E-state index contributed by atoms with van der Waals surface area (Å²) in [6.45, 7) is 0. The van der Waals surface area contributed by atoms with E-state index in [1.807, 2.05) is 0 Å². The number of nitrogens with zero attached hydrogens (tertiary/aromatic N) is 2. The second-order valence-electron chi connectivity index (χ2n) is 4.98. The van der Waals surface area contributed by atoms with E-state index in [4.69, 9.17) is 16.7 Å². The molecule has 5 nitrogen and oxygen atoms in total. The molecule has 0 fully saturated rings. The molecular formula is C16H13ClF3N3O2. The van der Waals surface area contributed by atoms with E-state index in [0.717, 1.165) is 6.07 Å². The Balaban J connectivity index is 2.24. The van der Waals surface area contributed by atoms with Gasteiger partial charge in [-0.15, -0.1) is 0 Å². The van der Waals surface area contributed by atoms with Crippen molar-refractivity contribution in [2.75, 3.05) is 5.43 Å². The second kappa shape index (κ2) is 7.98. The first-order valence-electron chi connectivity index (χ1n) is 7.10. The summed E-state index contributed by atoms with van der Waals surface area (Å²) in [6, 6.07) is 9.53. The topological polar surface area (TPSA) is 74.6 Å². The summed E-state index contributed by atoms with van der Waals surface area (Å²) in [5.41, 5.74) is 2.62. The van der Waals surface area contributed by atoms with Gasteiger partial charge in [0.05, 0.1) is 22.7 Å². The van der Waals surface area contributed by atoms with Crippen molar-refractivity contribution in [2.45, 2.75) is 19.0 Å². The molecule has 0 saturated carbocycles. The highest BCUT2D eigenvalue weighted by atomic mass is 35.5. The van der Waals surface area contributed by atoms with Crippen molar-refractivity contribution in [1.29, 1.82) is 0 Å². The van der Waals surface area contributed by atoms with Crippen LogP contribution in [0.4, 0.5) is 19.0 Å². The van der Waals surface area contributed by atoms with E-state index in [2.05, 4.69) is 15.5 Å². The molecule has 132 valence electrons. The summed E-state index contributed by atoms with van der Waals surface area (Å²) in [7, 11) is 0. The molecule has 9 heteroatoms. The quantitative estimate of drug-likeness (QED) is 0.581. The number of aromatic nitrogens is 1. The predicted molar refractivity (Wildman–Crippen MR) is 87.7 cm³/mol. The highest BCUT2D eigenvalue weighted by molar-refractivity contribution is 6.33. The third-order valence-corrected chi connectivity index (χ3v) is 3.44. The predicted octanol–water partition coefficient (Wildman–Crippen LogP) is 4.43. The van der Waals surface area contributed by atoms with Crippen molar-refractivity contribution in [2.24, 2.45) is 5.10 Å². The molecule has 2 aromatic rings. The molecular weight excluding hydrogens is 359 g/mol. The summed E-state index contributed by atoms with van der Waals surface area (Å²) >= 11 is 5.80. The highest BCUT2D eigenvalue weighted by Crippen LogP contribution is 2.32. The average Bonchev–Trinajstić information content (AvgIpc) is 2.55. The maximum absolute atomic E-state index is 12.6. The Morgan fingerprint density at radius 1 is 1.24 bits per heavy atom. The lowest BCUT2D eigenvalue weighted by molar-refractivity contribution is -0.138. The molecule has 1 aromatic heterocycles. The average molecular weight is 372 g/mol. The highest BCUT2D eigenvalue weighted by Gasteiger charge is 2.31. The number of carboxylic acids is 1. The number of halogens is 4. The van der Waals surface area contributed by atoms with E-state index in [1.54, 1.807) is 30.3 Å². The number of hydrazone groups is 1. The number of rotatable bonds is 6. The van der Waals surface area contributed by atoms with Crippen LogP contribution in [0.5, 0.6) is 0 Å². The number of benzene rings is 1. The minimum Gasteiger partial charge on any atom is -0.481 e. The van der Waals surface area contributed by atoms with Gasteiger partial charge < -0.3 is 5.11 Å². The first-order chi connectivity index (χ1) is 11.8. The number of nitrogens with one attached hydrogen (secondary N) is 1. The molecule has 1 aromatic carbocycles. The van der Waals surface area contributed by atoms with Gasteiger partial charge in [-0.1, -0.05) is 41.9 Å². The molecule has 2 rings (SSSR count). The zero-order chi connectivity index (χ0) is 18.4. The number of carbonyl (C=O) groups is 1. The standard InChI is InChI=1S/C16H13ClF3N3O2/c17-12-8-11(16(18,19)20)9-21-15(12)23-22-13(6-7-14(24)25)10-4-2-1-3-5-10/h1-5,8-9H,6-7H2,(H,21,23)(H,24,25)/b22-13+. The molecule has 0 spiro atoms. The smallest absolute Gasteiger partial charge is 0.417 e. The summed E-state index contributed by atoms with van der Waals surface area (Å²) < 4.78 is 37.8. The fourth-order valence-electron chi connectivity index (χ4n) is 1.92. The third-order valence-electron chi connectivity index (χ3n) is 3.15. The summed E-state index contributed by atoms with van der Waals surface area (Å²) in [4.78, 5) is 14.4. The van der Waals surface area contributed by atoms with Gasteiger partial charge in [-0.3, -0.25) is 10.2 Å². The lowest BCUT2D eigenvalue weighted by atomic mass is 10.1. The molecule has 0 radical (unpaired) electrons. The van der Waals surface area contributed by atoms with Gasteiger partial charge in [0.15, 0.2) is 5.82 Å². The van der Waals surface area contributed by atoms with Crippen molar-refractivity contribution >= 4 is 29.1 Å². The van der Waals surface area contributed by atoms with Gasteiger partial charge in [0.1, 0.15) is 0 Å². The second-order valence-corrected chi connectivity index (χ2v) is 5.39.